The van der Waals surface area contributed by atoms with Crippen LogP contribution in [-0.4, -0.2) is 28.8 Å². The summed E-state index contributed by atoms with van der Waals surface area (Å²) in [5.41, 5.74) is 1.47. The van der Waals surface area contributed by atoms with E-state index in [0.29, 0.717) is 29.0 Å². The number of carbonyl (C=O) groups excluding carboxylic acids is 1. The van der Waals surface area contributed by atoms with E-state index in [1.807, 2.05) is 42.5 Å². The van der Waals surface area contributed by atoms with Crippen molar-refractivity contribution in [3.8, 4) is 17.2 Å². The third kappa shape index (κ3) is 4.23. The lowest BCUT2D eigenvalue weighted by atomic mass is 10.2. The summed E-state index contributed by atoms with van der Waals surface area (Å²) in [5.74, 6) is 1.93. The van der Waals surface area contributed by atoms with Gasteiger partial charge in [-0.05, 0) is 30.7 Å². The first-order valence-corrected chi connectivity index (χ1v) is 8.54. The van der Waals surface area contributed by atoms with Gasteiger partial charge in [0, 0.05) is 11.3 Å². The standard InChI is InChI=1S/C18H16N2O3S/c21-13-15-9-4-5-10-16(15)22-11-6-12-24-18-20-19-17(23-18)14-7-2-1-3-8-14/h1-5,7-10,13H,6,11-12H2. The van der Waals surface area contributed by atoms with Crippen molar-refractivity contribution < 1.29 is 13.9 Å². The van der Waals surface area contributed by atoms with E-state index in [0.717, 1.165) is 24.0 Å². The monoisotopic (exact) mass is 340 g/mol. The number of aromatic nitrogens is 2. The molecule has 0 aliphatic rings. The molecule has 0 saturated heterocycles. The second kappa shape index (κ2) is 8.31. The summed E-state index contributed by atoms with van der Waals surface area (Å²) >= 11 is 1.49. The average Bonchev–Trinajstić information content (AvgIpc) is 3.11. The molecule has 6 heteroatoms. The normalized spacial score (nSPS) is 10.5. The van der Waals surface area contributed by atoms with E-state index in [1.165, 1.54) is 11.8 Å². The molecular weight excluding hydrogens is 324 g/mol. The number of benzene rings is 2. The van der Waals surface area contributed by atoms with Crippen LogP contribution in [0, 0.1) is 0 Å². The van der Waals surface area contributed by atoms with Crippen molar-refractivity contribution in [1.29, 1.82) is 0 Å². The molecule has 0 unspecified atom stereocenters. The second-order valence-corrected chi connectivity index (χ2v) is 5.99. The number of nitrogens with zero attached hydrogens (tertiary/aromatic N) is 2. The molecule has 0 fully saturated rings. The first-order valence-electron chi connectivity index (χ1n) is 7.55. The molecule has 1 heterocycles. The molecule has 0 amide bonds. The van der Waals surface area contributed by atoms with Gasteiger partial charge in [-0.3, -0.25) is 4.79 Å². The molecule has 0 saturated carbocycles. The lowest BCUT2D eigenvalue weighted by Crippen LogP contribution is -2.00. The topological polar surface area (TPSA) is 65.2 Å². The van der Waals surface area contributed by atoms with E-state index in [9.17, 15) is 4.79 Å². The van der Waals surface area contributed by atoms with Crippen molar-refractivity contribution in [2.75, 3.05) is 12.4 Å². The number of hydrogen-bond donors (Lipinski definition) is 0. The zero-order valence-corrected chi connectivity index (χ0v) is 13.7. The number of aldehydes is 1. The Morgan fingerprint density at radius 3 is 2.67 bits per heavy atom. The van der Waals surface area contributed by atoms with Crippen molar-refractivity contribution >= 4 is 18.0 Å². The molecule has 3 rings (SSSR count). The Hall–Kier alpha value is -2.60. The zero-order valence-electron chi connectivity index (χ0n) is 12.9. The van der Waals surface area contributed by atoms with Crippen LogP contribution in [0.4, 0.5) is 0 Å². The summed E-state index contributed by atoms with van der Waals surface area (Å²) in [5, 5.41) is 8.63. The van der Waals surface area contributed by atoms with Crippen molar-refractivity contribution in [2.45, 2.75) is 11.6 Å². The average molecular weight is 340 g/mol. The zero-order chi connectivity index (χ0) is 16.6. The van der Waals surface area contributed by atoms with Crippen LogP contribution >= 0.6 is 11.8 Å². The predicted molar refractivity (Wildman–Crippen MR) is 92.4 cm³/mol. The van der Waals surface area contributed by atoms with Gasteiger partial charge in [0.25, 0.3) is 5.22 Å². The van der Waals surface area contributed by atoms with Crippen LogP contribution in [0.15, 0.2) is 64.2 Å². The van der Waals surface area contributed by atoms with E-state index < -0.39 is 0 Å². The van der Waals surface area contributed by atoms with Gasteiger partial charge in [-0.1, -0.05) is 42.1 Å². The van der Waals surface area contributed by atoms with Gasteiger partial charge in [-0.25, -0.2) is 0 Å². The maximum absolute atomic E-state index is 10.9. The summed E-state index contributed by atoms with van der Waals surface area (Å²) < 4.78 is 11.3. The lowest BCUT2D eigenvalue weighted by Gasteiger charge is -2.07. The second-order valence-electron chi connectivity index (χ2n) is 4.95. The minimum absolute atomic E-state index is 0.522. The van der Waals surface area contributed by atoms with Gasteiger partial charge in [-0.2, -0.15) is 0 Å². The predicted octanol–water partition coefficient (Wildman–Crippen LogP) is 4.11. The van der Waals surface area contributed by atoms with Gasteiger partial charge in [-0.15, -0.1) is 10.2 Å². The van der Waals surface area contributed by atoms with Gasteiger partial charge in [0.15, 0.2) is 6.29 Å². The summed E-state index contributed by atoms with van der Waals surface area (Å²) in [6.07, 6.45) is 1.61. The molecule has 0 radical (unpaired) electrons. The highest BCUT2D eigenvalue weighted by Gasteiger charge is 2.08. The molecule has 5 nitrogen and oxygen atoms in total. The van der Waals surface area contributed by atoms with Gasteiger partial charge >= 0.3 is 0 Å². The highest BCUT2D eigenvalue weighted by atomic mass is 32.2. The quantitative estimate of drug-likeness (QED) is 0.349. The van der Waals surface area contributed by atoms with Gasteiger partial charge in [0.2, 0.25) is 5.89 Å². The van der Waals surface area contributed by atoms with Gasteiger partial charge in [0.1, 0.15) is 5.75 Å². The van der Waals surface area contributed by atoms with Gasteiger partial charge < -0.3 is 9.15 Å². The maximum atomic E-state index is 10.9. The molecule has 3 aromatic rings. The minimum atomic E-state index is 0.522. The number of rotatable bonds is 8. The van der Waals surface area contributed by atoms with E-state index in [-0.39, 0.29) is 0 Å². The van der Waals surface area contributed by atoms with E-state index in [4.69, 9.17) is 9.15 Å². The third-order valence-corrected chi connectivity index (χ3v) is 4.15. The van der Waals surface area contributed by atoms with E-state index in [2.05, 4.69) is 10.2 Å². The molecule has 0 bridgehead atoms. The van der Waals surface area contributed by atoms with Crippen molar-refractivity contribution in [2.24, 2.45) is 0 Å². The van der Waals surface area contributed by atoms with Crippen LogP contribution in [0.3, 0.4) is 0 Å². The van der Waals surface area contributed by atoms with Gasteiger partial charge in [0.05, 0.1) is 12.2 Å². The molecule has 0 N–H and O–H groups in total. The molecular formula is C18H16N2O3S. The fraction of sp³-hybridized carbons (Fsp3) is 0.167. The van der Waals surface area contributed by atoms with E-state index >= 15 is 0 Å². The first kappa shape index (κ1) is 16.3. The largest absolute Gasteiger partial charge is 0.493 e. The third-order valence-electron chi connectivity index (χ3n) is 3.24. The Balaban J connectivity index is 1.44. The fourth-order valence-electron chi connectivity index (χ4n) is 2.08. The summed E-state index contributed by atoms with van der Waals surface area (Å²) in [7, 11) is 0. The summed E-state index contributed by atoms with van der Waals surface area (Å²) in [6.45, 7) is 0.525. The van der Waals surface area contributed by atoms with Crippen LogP contribution in [0.1, 0.15) is 16.8 Å². The molecule has 0 aliphatic heterocycles. The van der Waals surface area contributed by atoms with Crippen LogP contribution in [0.25, 0.3) is 11.5 Å². The Morgan fingerprint density at radius 1 is 1.04 bits per heavy atom. The first-order chi connectivity index (χ1) is 11.9. The fourth-order valence-corrected chi connectivity index (χ4v) is 2.75. The molecule has 0 spiro atoms. The molecule has 122 valence electrons. The number of carbonyl (C=O) groups is 1. The smallest absolute Gasteiger partial charge is 0.276 e. The van der Waals surface area contributed by atoms with Crippen LogP contribution in [0.5, 0.6) is 5.75 Å². The molecule has 1 aromatic heterocycles. The van der Waals surface area contributed by atoms with Crippen LogP contribution in [0.2, 0.25) is 0 Å². The number of hydrogen-bond acceptors (Lipinski definition) is 6. The molecule has 2 aromatic carbocycles. The van der Waals surface area contributed by atoms with Crippen molar-refractivity contribution in [3.63, 3.8) is 0 Å². The van der Waals surface area contributed by atoms with E-state index in [1.54, 1.807) is 12.1 Å². The Bertz CT molecular complexity index is 790. The van der Waals surface area contributed by atoms with Crippen molar-refractivity contribution in [1.82, 2.24) is 10.2 Å². The van der Waals surface area contributed by atoms with Crippen LogP contribution < -0.4 is 4.74 Å². The highest BCUT2D eigenvalue weighted by Crippen LogP contribution is 2.23. The summed E-state index contributed by atoms with van der Waals surface area (Å²) in [6, 6.07) is 16.9. The van der Waals surface area contributed by atoms with Crippen LogP contribution in [-0.2, 0) is 0 Å². The number of thioether (sulfide) groups is 1. The number of para-hydroxylation sites is 1. The SMILES string of the molecule is O=Cc1ccccc1OCCCSc1nnc(-c2ccccc2)o1. The molecule has 0 atom stereocenters. The Kier molecular flexibility index (Phi) is 5.63. The lowest BCUT2D eigenvalue weighted by molar-refractivity contribution is 0.111. The Morgan fingerprint density at radius 2 is 1.83 bits per heavy atom. The number of ether oxygens (including phenoxy) is 1. The minimum Gasteiger partial charge on any atom is -0.493 e. The molecule has 0 aliphatic carbocycles. The summed E-state index contributed by atoms with van der Waals surface area (Å²) in [4.78, 5) is 10.9. The molecule has 24 heavy (non-hydrogen) atoms. The van der Waals surface area contributed by atoms with Crippen molar-refractivity contribution in [3.05, 3.63) is 60.2 Å². The Labute approximate surface area is 144 Å². The maximum Gasteiger partial charge on any atom is 0.276 e. The highest BCUT2D eigenvalue weighted by molar-refractivity contribution is 7.99.